The molecule has 0 heterocycles. The van der Waals surface area contributed by atoms with Gasteiger partial charge in [0.2, 0.25) is 0 Å². The number of hydrogen-bond acceptors (Lipinski definition) is 2. The molecular formula is C17H22O2. The predicted octanol–water partition coefficient (Wildman–Crippen LogP) is 3.94. The van der Waals surface area contributed by atoms with Crippen LogP contribution >= 0.6 is 0 Å². The van der Waals surface area contributed by atoms with E-state index >= 15 is 0 Å². The van der Waals surface area contributed by atoms with Crippen molar-refractivity contribution in [2.75, 3.05) is 6.61 Å². The first kappa shape index (κ1) is 15.3. The summed E-state index contributed by atoms with van der Waals surface area (Å²) in [5, 5.41) is 0. The maximum Gasteiger partial charge on any atom is 0.384 e. The predicted molar refractivity (Wildman–Crippen MR) is 77.7 cm³/mol. The lowest BCUT2D eigenvalue weighted by Gasteiger charge is -2.00. The Hall–Kier alpha value is -1.75. The van der Waals surface area contributed by atoms with Crippen molar-refractivity contribution in [2.24, 2.45) is 0 Å². The summed E-state index contributed by atoms with van der Waals surface area (Å²) in [4.78, 5) is 11.4. The molecule has 2 heteroatoms. The van der Waals surface area contributed by atoms with Gasteiger partial charge in [-0.2, -0.15) is 0 Å². The van der Waals surface area contributed by atoms with E-state index in [1.807, 2.05) is 30.3 Å². The molecule has 102 valence electrons. The Morgan fingerprint density at radius 1 is 1.05 bits per heavy atom. The number of ether oxygens (including phenoxy) is 1. The molecule has 19 heavy (non-hydrogen) atoms. The van der Waals surface area contributed by atoms with Crippen LogP contribution in [0.2, 0.25) is 0 Å². The Kier molecular flexibility index (Phi) is 8.22. The quantitative estimate of drug-likeness (QED) is 0.420. The van der Waals surface area contributed by atoms with Gasteiger partial charge in [0.25, 0.3) is 0 Å². The van der Waals surface area contributed by atoms with Gasteiger partial charge in [-0.1, -0.05) is 63.1 Å². The van der Waals surface area contributed by atoms with Crippen LogP contribution < -0.4 is 0 Å². The van der Waals surface area contributed by atoms with Crippen LogP contribution in [0.4, 0.5) is 0 Å². The van der Waals surface area contributed by atoms with Crippen molar-refractivity contribution in [2.45, 2.75) is 45.4 Å². The summed E-state index contributed by atoms with van der Waals surface area (Å²) in [6, 6.07) is 9.45. The summed E-state index contributed by atoms with van der Waals surface area (Å²) in [7, 11) is 0. The van der Waals surface area contributed by atoms with E-state index in [2.05, 4.69) is 18.8 Å². The van der Waals surface area contributed by atoms with Crippen LogP contribution in [-0.2, 0) is 9.53 Å². The summed E-state index contributed by atoms with van der Waals surface area (Å²) in [5.74, 6) is 4.85. The van der Waals surface area contributed by atoms with E-state index in [0.29, 0.717) is 6.61 Å². The topological polar surface area (TPSA) is 26.3 Å². The van der Waals surface area contributed by atoms with Gasteiger partial charge in [-0.3, -0.25) is 0 Å². The molecule has 1 aromatic carbocycles. The minimum absolute atomic E-state index is 0.433. The summed E-state index contributed by atoms with van der Waals surface area (Å²) >= 11 is 0. The molecule has 0 atom stereocenters. The van der Waals surface area contributed by atoms with Crippen LogP contribution in [0.5, 0.6) is 0 Å². The van der Waals surface area contributed by atoms with Crippen molar-refractivity contribution >= 4 is 5.97 Å². The molecule has 0 fully saturated rings. The zero-order chi connectivity index (χ0) is 13.8. The fourth-order valence-corrected chi connectivity index (χ4v) is 1.73. The Labute approximate surface area is 116 Å². The zero-order valence-corrected chi connectivity index (χ0v) is 11.7. The van der Waals surface area contributed by atoms with E-state index in [9.17, 15) is 4.79 Å². The molecule has 0 radical (unpaired) electrons. The van der Waals surface area contributed by atoms with Gasteiger partial charge in [-0.25, -0.2) is 4.79 Å². The summed E-state index contributed by atoms with van der Waals surface area (Å²) < 4.78 is 5.06. The molecule has 1 aromatic rings. The van der Waals surface area contributed by atoms with E-state index in [-0.39, 0.29) is 0 Å². The van der Waals surface area contributed by atoms with Gasteiger partial charge in [0, 0.05) is 11.5 Å². The van der Waals surface area contributed by atoms with Crippen molar-refractivity contribution in [3.05, 3.63) is 35.9 Å². The maximum absolute atomic E-state index is 11.4. The van der Waals surface area contributed by atoms with E-state index < -0.39 is 5.97 Å². The average molecular weight is 258 g/mol. The summed E-state index contributed by atoms with van der Waals surface area (Å²) in [6.07, 6.45) is 7.10. The third kappa shape index (κ3) is 8.05. The van der Waals surface area contributed by atoms with Crippen LogP contribution in [0, 0.1) is 11.8 Å². The highest BCUT2D eigenvalue weighted by molar-refractivity contribution is 5.89. The highest BCUT2D eigenvalue weighted by Gasteiger charge is 1.96. The third-order valence-electron chi connectivity index (χ3n) is 2.81. The lowest BCUT2D eigenvalue weighted by molar-refractivity contribution is -0.136. The Bertz CT molecular complexity index is 412. The monoisotopic (exact) mass is 258 g/mol. The Morgan fingerprint density at radius 2 is 1.74 bits per heavy atom. The molecule has 0 N–H and O–H groups in total. The Morgan fingerprint density at radius 3 is 2.47 bits per heavy atom. The minimum atomic E-state index is -0.433. The molecule has 0 aliphatic rings. The highest BCUT2D eigenvalue weighted by atomic mass is 16.5. The van der Waals surface area contributed by atoms with E-state index in [4.69, 9.17) is 4.74 Å². The number of esters is 1. The average Bonchev–Trinajstić information content (AvgIpc) is 2.45. The van der Waals surface area contributed by atoms with Crippen molar-refractivity contribution < 1.29 is 9.53 Å². The number of benzene rings is 1. The number of carbonyl (C=O) groups excluding carboxylic acids is 1. The lowest BCUT2D eigenvalue weighted by atomic mass is 10.1. The molecule has 0 unspecified atom stereocenters. The van der Waals surface area contributed by atoms with Crippen molar-refractivity contribution in [1.82, 2.24) is 0 Å². The van der Waals surface area contributed by atoms with Gasteiger partial charge in [0.05, 0.1) is 6.61 Å². The first-order chi connectivity index (χ1) is 9.33. The Balaban J connectivity index is 2.10. The third-order valence-corrected chi connectivity index (χ3v) is 2.81. The van der Waals surface area contributed by atoms with Gasteiger partial charge in [-0.15, -0.1) is 0 Å². The second-order valence-electron chi connectivity index (χ2n) is 4.52. The molecule has 0 spiro atoms. The summed E-state index contributed by atoms with van der Waals surface area (Å²) in [5.41, 5.74) is 0.832. The fraction of sp³-hybridized carbons (Fsp3) is 0.471. The molecule has 0 amide bonds. The number of rotatable bonds is 7. The van der Waals surface area contributed by atoms with Gasteiger partial charge in [0.1, 0.15) is 0 Å². The van der Waals surface area contributed by atoms with Crippen molar-refractivity contribution in [1.29, 1.82) is 0 Å². The first-order valence-electron chi connectivity index (χ1n) is 7.06. The van der Waals surface area contributed by atoms with E-state index in [1.54, 1.807) is 0 Å². The molecule has 0 aromatic heterocycles. The largest absolute Gasteiger partial charge is 0.456 e. The number of unbranched alkanes of at least 4 members (excludes halogenated alkanes) is 5. The van der Waals surface area contributed by atoms with E-state index in [0.717, 1.165) is 18.4 Å². The van der Waals surface area contributed by atoms with Crippen LogP contribution in [-0.4, -0.2) is 12.6 Å². The van der Waals surface area contributed by atoms with Gasteiger partial charge in [0.15, 0.2) is 0 Å². The number of carbonyl (C=O) groups is 1. The standard InChI is InChI=1S/C17H22O2/c1-2-3-4-5-6-10-15-19-17(18)14-13-16-11-8-7-9-12-16/h7-9,11-12H,2-6,10,15H2,1H3. The second-order valence-corrected chi connectivity index (χ2v) is 4.52. The lowest BCUT2D eigenvalue weighted by Crippen LogP contribution is -2.02. The van der Waals surface area contributed by atoms with Crippen molar-refractivity contribution in [3.8, 4) is 11.8 Å². The molecule has 0 aliphatic carbocycles. The second kappa shape index (κ2) is 10.2. The fourth-order valence-electron chi connectivity index (χ4n) is 1.73. The molecule has 0 saturated carbocycles. The van der Waals surface area contributed by atoms with Crippen LogP contribution in [0.25, 0.3) is 0 Å². The molecule has 2 nitrogen and oxygen atoms in total. The normalized spacial score (nSPS) is 9.53. The van der Waals surface area contributed by atoms with Crippen LogP contribution in [0.15, 0.2) is 30.3 Å². The first-order valence-corrected chi connectivity index (χ1v) is 7.06. The molecule has 0 aliphatic heterocycles. The van der Waals surface area contributed by atoms with Gasteiger partial charge < -0.3 is 4.74 Å². The van der Waals surface area contributed by atoms with Crippen molar-refractivity contribution in [3.63, 3.8) is 0 Å². The highest BCUT2D eigenvalue weighted by Crippen LogP contribution is 2.04. The maximum atomic E-state index is 11.4. The molecule has 1 rings (SSSR count). The van der Waals surface area contributed by atoms with E-state index in [1.165, 1.54) is 25.7 Å². The minimum Gasteiger partial charge on any atom is -0.456 e. The summed E-state index contributed by atoms with van der Waals surface area (Å²) in [6.45, 7) is 2.68. The van der Waals surface area contributed by atoms with Gasteiger partial charge in [-0.05, 0) is 18.6 Å². The van der Waals surface area contributed by atoms with Gasteiger partial charge >= 0.3 is 5.97 Å². The van der Waals surface area contributed by atoms with Crippen LogP contribution in [0.3, 0.4) is 0 Å². The zero-order valence-electron chi connectivity index (χ0n) is 11.7. The molecule has 0 saturated heterocycles. The molecule has 0 bridgehead atoms. The van der Waals surface area contributed by atoms with Crippen LogP contribution in [0.1, 0.15) is 51.0 Å². The SMILES string of the molecule is CCCCCCCCOC(=O)C#Cc1ccccc1. The number of hydrogen-bond donors (Lipinski definition) is 0. The molecular weight excluding hydrogens is 236 g/mol. The smallest absolute Gasteiger partial charge is 0.384 e.